The van der Waals surface area contributed by atoms with Crippen molar-refractivity contribution >= 4 is 29.1 Å². The van der Waals surface area contributed by atoms with Crippen molar-refractivity contribution in [2.45, 2.75) is 32.0 Å². The smallest absolute Gasteiger partial charge is 0.196 e. The maximum absolute atomic E-state index is 13.2. The number of nitrogens with zero attached hydrogens (tertiary/aromatic N) is 5. The van der Waals surface area contributed by atoms with Crippen LogP contribution < -0.4 is 0 Å². The molecule has 0 aliphatic rings. The van der Waals surface area contributed by atoms with Crippen LogP contribution >= 0.6 is 23.4 Å². The fraction of sp³-hybridized carbons (Fsp3) is 0.280. The Morgan fingerprint density at radius 2 is 1.82 bits per heavy atom. The summed E-state index contributed by atoms with van der Waals surface area (Å²) in [5.41, 5.74) is 4.46. The number of carbonyl (C=O) groups is 1. The first kappa shape index (κ1) is 24.2. The standard InChI is InChI=1S/C25H26ClN5O2S/c1-16-13-22(18(3)30(16)17(2)14-33-4)23(32)15-34-25-29-28-24(19-9-11-27-12-10-19)31(25)21-7-5-20(26)6-8-21/h5-13,17H,14-15H2,1-4H3/t17-/m0/s1. The number of aryl methyl sites for hydroxylation is 1. The van der Waals surface area contributed by atoms with Gasteiger partial charge in [-0.15, -0.1) is 10.2 Å². The van der Waals surface area contributed by atoms with Crippen molar-refractivity contribution in [1.82, 2.24) is 24.3 Å². The maximum atomic E-state index is 13.2. The number of methoxy groups -OCH3 is 1. The van der Waals surface area contributed by atoms with Crippen LogP contribution in [0, 0.1) is 13.8 Å². The van der Waals surface area contributed by atoms with Crippen LogP contribution in [0.4, 0.5) is 0 Å². The van der Waals surface area contributed by atoms with Crippen LogP contribution in [0.15, 0.2) is 60.0 Å². The van der Waals surface area contributed by atoms with Crippen LogP contribution in [0.3, 0.4) is 0 Å². The Balaban J connectivity index is 1.63. The third kappa shape index (κ3) is 4.94. The summed E-state index contributed by atoms with van der Waals surface area (Å²) in [5, 5.41) is 10.1. The topological polar surface area (TPSA) is 74.8 Å². The molecule has 0 radical (unpaired) electrons. The number of pyridine rings is 1. The Kier molecular flexibility index (Phi) is 7.50. The highest BCUT2D eigenvalue weighted by atomic mass is 35.5. The molecule has 3 aromatic heterocycles. The molecular formula is C25H26ClN5O2S. The predicted molar refractivity (Wildman–Crippen MR) is 135 cm³/mol. The zero-order chi connectivity index (χ0) is 24.2. The molecule has 9 heteroatoms. The van der Waals surface area contributed by atoms with Gasteiger partial charge in [-0.25, -0.2) is 0 Å². The molecule has 0 N–H and O–H groups in total. The van der Waals surface area contributed by atoms with E-state index in [0.29, 0.717) is 22.6 Å². The second-order valence-corrected chi connectivity index (χ2v) is 9.40. The highest BCUT2D eigenvalue weighted by Crippen LogP contribution is 2.29. The lowest BCUT2D eigenvalue weighted by atomic mass is 10.2. The normalized spacial score (nSPS) is 12.1. The zero-order valence-electron chi connectivity index (χ0n) is 19.5. The van der Waals surface area contributed by atoms with E-state index in [1.807, 2.05) is 60.9 Å². The van der Waals surface area contributed by atoms with Gasteiger partial charge in [0.2, 0.25) is 0 Å². The number of ketones is 1. The maximum Gasteiger partial charge on any atom is 0.196 e. The van der Waals surface area contributed by atoms with Crippen molar-refractivity contribution in [3.63, 3.8) is 0 Å². The van der Waals surface area contributed by atoms with E-state index in [0.717, 1.165) is 28.2 Å². The highest BCUT2D eigenvalue weighted by molar-refractivity contribution is 7.99. The minimum atomic E-state index is 0.0464. The molecule has 176 valence electrons. The Morgan fingerprint density at radius 3 is 2.50 bits per heavy atom. The van der Waals surface area contributed by atoms with Crippen LogP contribution in [0.2, 0.25) is 5.02 Å². The minimum Gasteiger partial charge on any atom is -0.383 e. The van der Waals surface area contributed by atoms with Gasteiger partial charge in [0, 0.05) is 52.7 Å². The molecule has 0 fully saturated rings. The average molecular weight is 496 g/mol. The minimum absolute atomic E-state index is 0.0464. The second kappa shape index (κ2) is 10.5. The molecule has 4 aromatic rings. The number of thioether (sulfide) groups is 1. The summed E-state index contributed by atoms with van der Waals surface area (Å²) in [6, 6.07) is 13.3. The van der Waals surface area contributed by atoms with Gasteiger partial charge in [0.15, 0.2) is 16.8 Å². The van der Waals surface area contributed by atoms with E-state index in [-0.39, 0.29) is 17.6 Å². The number of Topliss-reactive ketones (excluding diaryl/α,β-unsaturated/α-hetero) is 1. The summed E-state index contributed by atoms with van der Waals surface area (Å²) in [7, 11) is 1.68. The molecule has 3 heterocycles. The fourth-order valence-electron chi connectivity index (χ4n) is 4.14. The monoisotopic (exact) mass is 495 g/mol. The van der Waals surface area contributed by atoms with E-state index >= 15 is 0 Å². The van der Waals surface area contributed by atoms with Gasteiger partial charge in [-0.2, -0.15) is 0 Å². The zero-order valence-corrected chi connectivity index (χ0v) is 21.1. The lowest BCUT2D eigenvalue weighted by Crippen LogP contribution is -2.14. The second-order valence-electron chi connectivity index (χ2n) is 8.02. The van der Waals surface area contributed by atoms with Crippen LogP contribution in [-0.2, 0) is 4.74 Å². The fourth-order valence-corrected chi connectivity index (χ4v) is 5.10. The first-order valence-corrected chi connectivity index (χ1v) is 12.2. The summed E-state index contributed by atoms with van der Waals surface area (Å²) in [5.74, 6) is 0.960. The first-order chi connectivity index (χ1) is 16.4. The number of benzene rings is 1. The van der Waals surface area contributed by atoms with Gasteiger partial charge in [-0.05, 0) is 63.2 Å². The van der Waals surface area contributed by atoms with E-state index in [2.05, 4.69) is 26.7 Å². The van der Waals surface area contributed by atoms with E-state index in [1.165, 1.54) is 11.8 Å². The molecule has 0 spiro atoms. The summed E-state index contributed by atoms with van der Waals surface area (Å²) in [6.45, 7) is 6.67. The molecule has 1 atom stereocenters. The van der Waals surface area contributed by atoms with Crippen molar-refractivity contribution in [3.05, 3.63) is 76.8 Å². The third-order valence-electron chi connectivity index (χ3n) is 5.62. The van der Waals surface area contributed by atoms with E-state index in [1.54, 1.807) is 19.5 Å². The van der Waals surface area contributed by atoms with Crippen molar-refractivity contribution in [1.29, 1.82) is 0 Å². The number of halogens is 1. The molecule has 34 heavy (non-hydrogen) atoms. The molecule has 4 rings (SSSR count). The molecule has 0 saturated carbocycles. The number of rotatable bonds is 9. The van der Waals surface area contributed by atoms with E-state index < -0.39 is 0 Å². The van der Waals surface area contributed by atoms with Gasteiger partial charge in [0.05, 0.1) is 18.4 Å². The van der Waals surface area contributed by atoms with Crippen molar-refractivity contribution in [3.8, 4) is 17.1 Å². The van der Waals surface area contributed by atoms with Crippen LogP contribution in [-0.4, -0.2) is 49.6 Å². The molecule has 1 aromatic carbocycles. The Labute approximate surface area is 208 Å². The lowest BCUT2D eigenvalue weighted by molar-refractivity contribution is 0.102. The molecular weight excluding hydrogens is 470 g/mol. The van der Waals surface area contributed by atoms with E-state index in [9.17, 15) is 4.79 Å². The molecule has 0 unspecified atom stereocenters. The summed E-state index contributed by atoms with van der Waals surface area (Å²) < 4.78 is 9.39. The van der Waals surface area contributed by atoms with Crippen LogP contribution in [0.25, 0.3) is 17.1 Å². The summed E-state index contributed by atoms with van der Waals surface area (Å²) in [4.78, 5) is 17.3. The average Bonchev–Trinajstić information content (AvgIpc) is 3.39. The first-order valence-electron chi connectivity index (χ1n) is 10.9. The molecule has 0 amide bonds. The van der Waals surface area contributed by atoms with Crippen LogP contribution in [0.1, 0.15) is 34.7 Å². The molecule has 0 saturated heterocycles. The Hall–Kier alpha value is -2.94. The third-order valence-corrected chi connectivity index (χ3v) is 6.80. The highest BCUT2D eigenvalue weighted by Gasteiger charge is 2.21. The molecule has 0 aliphatic carbocycles. The number of aromatic nitrogens is 5. The molecule has 0 bridgehead atoms. The van der Waals surface area contributed by atoms with Gasteiger partial charge in [0.25, 0.3) is 0 Å². The van der Waals surface area contributed by atoms with Crippen LogP contribution in [0.5, 0.6) is 0 Å². The summed E-state index contributed by atoms with van der Waals surface area (Å²) in [6.07, 6.45) is 3.43. The van der Waals surface area contributed by atoms with Gasteiger partial charge >= 0.3 is 0 Å². The number of carbonyl (C=O) groups excluding carboxylic acids is 1. The number of ether oxygens (including phenoxy) is 1. The van der Waals surface area contributed by atoms with Crippen molar-refractivity contribution in [2.75, 3.05) is 19.5 Å². The quantitative estimate of drug-likeness (QED) is 0.223. The Morgan fingerprint density at radius 1 is 1.12 bits per heavy atom. The molecule has 7 nitrogen and oxygen atoms in total. The molecule has 0 aliphatic heterocycles. The SMILES string of the molecule is COC[C@H](C)n1c(C)cc(C(=O)CSc2nnc(-c3ccncc3)n2-c2ccc(Cl)cc2)c1C. The van der Waals surface area contributed by atoms with Gasteiger partial charge < -0.3 is 9.30 Å². The van der Waals surface area contributed by atoms with Crippen molar-refractivity contribution in [2.24, 2.45) is 0 Å². The largest absolute Gasteiger partial charge is 0.383 e. The van der Waals surface area contributed by atoms with Crippen molar-refractivity contribution < 1.29 is 9.53 Å². The summed E-state index contributed by atoms with van der Waals surface area (Å²) >= 11 is 7.47. The Bertz CT molecular complexity index is 1280. The van der Waals surface area contributed by atoms with Gasteiger partial charge in [0.1, 0.15) is 0 Å². The lowest BCUT2D eigenvalue weighted by Gasteiger charge is -2.17. The predicted octanol–water partition coefficient (Wildman–Crippen LogP) is 5.58. The number of hydrogen-bond acceptors (Lipinski definition) is 6. The number of hydrogen-bond donors (Lipinski definition) is 0. The van der Waals surface area contributed by atoms with Gasteiger partial charge in [-0.3, -0.25) is 14.3 Å². The van der Waals surface area contributed by atoms with E-state index in [4.69, 9.17) is 16.3 Å². The van der Waals surface area contributed by atoms with Gasteiger partial charge in [-0.1, -0.05) is 23.4 Å².